The summed E-state index contributed by atoms with van der Waals surface area (Å²) in [6, 6.07) is 16.0. The molecule has 3 rings (SSSR count). The van der Waals surface area contributed by atoms with Crippen molar-refractivity contribution in [2.24, 2.45) is 0 Å². The van der Waals surface area contributed by atoms with Gasteiger partial charge in [-0.3, -0.25) is 0 Å². The molecule has 0 saturated heterocycles. The van der Waals surface area contributed by atoms with Crippen molar-refractivity contribution in [3.05, 3.63) is 71.2 Å². The Morgan fingerprint density at radius 2 is 0.821 bits per heavy atom. The van der Waals surface area contributed by atoms with Crippen molar-refractivity contribution in [1.82, 2.24) is 0 Å². The molecule has 4 nitrogen and oxygen atoms in total. The molecule has 0 spiro atoms. The van der Waals surface area contributed by atoms with Gasteiger partial charge in [0.1, 0.15) is 11.5 Å². The predicted octanol–water partition coefficient (Wildman–Crippen LogP) is 5.63. The Bertz CT molecular complexity index is 785. The van der Waals surface area contributed by atoms with Crippen LogP contribution >= 0.6 is 0 Å². The summed E-state index contributed by atoms with van der Waals surface area (Å²) in [4.78, 5) is 4.52. The summed E-state index contributed by atoms with van der Waals surface area (Å²) in [7, 11) is 0. The van der Waals surface area contributed by atoms with Gasteiger partial charge in [0.05, 0.1) is 11.1 Å². The van der Waals surface area contributed by atoms with Crippen LogP contribution in [-0.2, 0) is 0 Å². The van der Waals surface area contributed by atoms with Crippen molar-refractivity contribution < 1.29 is 10.2 Å². The highest BCUT2D eigenvalue weighted by Gasteiger charge is 2.31. The number of hydrogen-bond acceptors (Lipinski definition) is 4. The summed E-state index contributed by atoms with van der Waals surface area (Å²) in [5.74, 6) is 0.312. The Labute approximate surface area is 168 Å². The first-order chi connectivity index (χ1) is 13.5. The first kappa shape index (κ1) is 19.9. The Morgan fingerprint density at radius 1 is 0.536 bits per heavy atom. The molecule has 4 heteroatoms. The van der Waals surface area contributed by atoms with E-state index in [0.29, 0.717) is 11.1 Å². The maximum atomic E-state index is 10.6. The van der Waals surface area contributed by atoms with E-state index in [1.165, 1.54) is 0 Å². The second kappa shape index (κ2) is 8.42. The molecule has 0 heterocycles. The topological polar surface area (TPSA) is 46.9 Å². The Hall–Kier alpha value is -2.88. The molecule has 0 amide bonds. The minimum Gasteiger partial charge on any atom is -0.506 e. The lowest BCUT2D eigenvalue weighted by molar-refractivity contribution is 0.390. The molecule has 0 fully saturated rings. The number of nitrogens with zero attached hydrogens (tertiary/aromatic N) is 2. The van der Waals surface area contributed by atoms with Gasteiger partial charge in [0.2, 0.25) is 0 Å². The Kier molecular flexibility index (Phi) is 5.98. The van der Waals surface area contributed by atoms with E-state index >= 15 is 0 Å². The fourth-order valence-electron chi connectivity index (χ4n) is 3.81. The van der Waals surface area contributed by atoms with E-state index in [0.717, 1.165) is 48.7 Å². The first-order valence-corrected chi connectivity index (χ1v) is 10.1. The van der Waals surface area contributed by atoms with Gasteiger partial charge in [-0.25, -0.2) is 0 Å². The van der Waals surface area contributed by atoms with E-state index in [4.69, 9.17) is 0 Å². The molecule has 2 N–H and O–H groups in total. The van der Waals surface area contributed by atoms with Gasteiger partial charge in [0.25, 0.3) is 0 Å². The highest BCUT2D eigenvalue weighted by Crippen LogP contribution is 2.44. The number of aliphatic hydroxyl groups excluding tert-OH is 2. The second-order valence-electron chi connectivity index (χ2n) is 6.89. The molecular weight excluding hydrogens is 348 g/mol. The summed E-state index contributed by atoms with van der Waals surface area (Å²) < 4.78 is 0. The van der Waals surface area contributed by atoms with Crippen LogP contribution in [0.25, 0.3) is 11.1 Å². The zero-order chi connectivity index (χ0) is 20.3. The van der Waals surface area contributed by atoms with Gasteiger partial charge in [-0.05, 0) is 63.1 Å². The number of allylic oxidation sites excluding steroid dienone is 2. The minimum atomic E-state index is 0.156. The average Bonchev–Trinajstić information content (AvgIpc) is 2.72. The second-order valence-corrected chi connectivity index (χ2v) is 6.89. The van der Waals surface area contributed by atoms with Crippen molar-refractivity contribution in [3.63, 3.8) is 0 Å². The van der Waals surface area contributed by atoms with Crippen LogP contribution in [0.4, 0.5) is 11.4 Å². The number of aliphatic hydroxyl groups is 2. The third-order valence-corrected chi connectivity index (χ3v) is 5.52. The molecule has 0 atom stereocenters. The van der Waals surface area contributed by atoms with Crippen LogP contribution < -0.4 is 9.80 Å². The lowest BCUT2D eigenvalue weighted by Gasteiger charge is -2.26. The molecule has 0 radical (unpaired) electrons. The molecule has 28 heavy (non-hydrogen) atoms. The zero-order valence-electron chi connectivity index (χ0n) is 17.2. The summed E-state index contributed by atoms with van der Waals surface area (Å²) in [6.07, 6.45) is 0. The normalized spacial score (nSPS) is 13.6. The fourth-order valence-corrected chi connectivity index (χ4v) is 3.81. The third kappa shape index (κ3) is 3.47. The molecule has 1 aliphatic carbocycles. The van der Waals surface area contributed by atoms with Gasteiger partial charge < -0.3 is 20.0 Å². The molecule has 2 aromatic rings. The largest absolute Gasteiger partial charge is 0.506 e. The lowest BCUT2D eigenvalue weighted by Crippen LogP contribution is -2.21. The van der Waals surface area contributed by atoms with Crippen LogP contribution in [0.2, 0.25) is 0 Å². The molecular formula is C24H30N2O2. The van der Waals surface area contributed by atoms with E-state index in [1.54, 1.807) is 0 Å². The van der Waals surface area contributed by atoms with Gasteiger partial charge >= 0.3 is 0 Å². The SMILES string of the molecule is CCN(CC)c1ccc(C2=C(O)C(c3ccc(N(CC)CC)cc3)=C2O)cc1. The molecule has 0 aromatic heterocycles. The highest BCUT2D eigenvalue weighted by atomic mass is 16.3. The average molecular weight is 379 g/mol. The molecule has 0 bridgehead atoms. The van der Waals surface area contributed by atoms with E-state index in [1.807, 2.05) is 48.5 Å². The molecule has 148 valence electrons. The van der Waals surface area contributed by atoms with Crippen molar-refractivity contribution in [2.75, 3.05) is 36.0 Å². The van der Waals surface area contributed by atoms with Crippen LogP contribution in [0.1, 0.15) is 38.8 Å². The summed E-state index contributed by atoms with van der Waals surface area (Å²) in [6.45, 7) is 12.3. The number of anilines is 2. The highest BCUT2D eigenvalue weighted by molar-refractivity contribution is 6.06. The van der Waals surface area contributed by atoms with Crippen molar-refractivity contribution in [3.8, 4) is 0 Å². The molecule has 0 aliphatic heterocycles. The van der Waals surface area contributed by atoms with Crippen LogP contribution in [0, 0.1) is 0 Å². The van der Waals surface area contributed by atoms with E-state index in [-0.39, 0.29) is 11.5 Å². The monoisotopic (exact) mass is 378 g/mol. The van der Waals surface area contributed by atoms with Gasteiger partial charge in [-0.15, -0.1) is 0 Å². The van der Waals surface area contributed by atoms with Gasteiger partial charge in [0, 0.05) is 37.6 Å². The van der Waals surface area contributed by atoms with Gasteiger partial charge in [0.15, 0.2) is 0 Å². The van der Waals surface area contributed by atoms with Crippen LogP contribution in [0.15, 0.2) is 60.0 Å². The number of benzene rings is 2. The fraction of sp³-hybridized carbons (Fsp3) is 0.333. The molecule has 1 aliphatic rings. The first-order valence-electron chi connectivity index (χ1n) is 10.1. The minimum absolute atomic E-state index is 0.156. The standard InChI is InChI=1S/C24H30N2O2/c1-5-25(6-2)19-13-9-17(10-14-19)21-23(27)22(24(21)28)18-11-15-20(16-12-18)26(7-3)8-4/h9-16,27-28H,5-8H2,1-4H3. The molecule has 0 unspecified atom stereocenters. The summed E-state index contributed by atoms with van der Waals surface area (Å²) in [5, 5.41) is 21.3. The van der Waals surface area contributed by atoms with Crippen LogP contribution in [0.3, 0.4) is 0 Å². The molecule has 0 saturated carbocycles. The third-order valence-electron chi connectivity index (χ3n) is 5.52. The number of hydrogen-bond donors (Lipinski definition) is 2. The van der Waals surface area contributed by atoms with Crippen LogP contribution in [0.5, 0.6) is 0 Å². The van der Waals surface area contributed by atoms with E-state index in [2.05, 4.69) is 37.5 Å². The predicted molar refractivity (Wildman–Crippen MR) is 119 cm³/mol. The Morgan fingerprint density at radius 3 is 1.07 bits per heavy atom. The smallest absolute Gasteiger partial charge is 0.138 e. The van der Waals surface area contributed by atoms with Gasteiger partial charge in [-0.1, -0.05) is 24.3 Å². The van der Waals surface area contributed by atoms with Crippen molar-refractivity contribution in [2.45, 2.75) is 27.7 Å². The maximum Gasteiger partial charge on any atom is 0.138 e. The van der Waals surface area contributed by atoms with Gasteiger partial charge in [-0.2, -0.15) is 0 Å². The van der Waals surface area contributed by atoms with E-state index in [9.17, 15) is 10.2 Å². The zero-order valence-corrected chi connectivity index (χ0v) is 17.2. The molecule has 2 aromatic carbocycles. The summed E-state index contributed by atoms with van der Waals surface area (Å²) in [5.41, 5.74) is 4.99. The van der Waals surface area contributed by atoms with E-state index < -0.39 is 0 Å². The maximum absolute atomic E-state index is 10.6. The summed E-state index contributed by atoms with van der Waals surface area (Å²) >= 11 is 0. The van der Waals surface area contributed by atoms with Crippen molar-refractivity contribution in [1.29, 1.82) is 0 Å². The lowest BCUT2D eigenvalue weighted by atomic mass is 9.84. The number of rotatable bonds is 8. The Balaban J connectivity index is 1.82. The van der Waals surface area contributed by atoms with Crippen LogP contribution in [-0.4, -0.2) is 36.4 Å². The van der Waals surface area contributed by atoms with Crippen molar-refractivity contribution >= 4 is 22.5 Å². The quantitative estimate of drug-likeness (QED) is 0.625.